The zero-order valence-corrected chi connectivity index (χ0v) is 9.80. The Morgan fingerprint density at radius 3 is 2.80 bits per heavy atom. The fourth-order valence-electron chi connectivity index (χ4n) is 1.27. The number of aromatic nitrogens is 2. The van der Waals surface area contributed by atoms with Crippen LogP contribution in [0.2, 0.25) is 0 Å². The molecule has 0 aliphatic carbocycles. The number of aromatic amines is 1. The molecule has 5 nitrogen and oxygen atoms in total. The Labute approximate surface area is 89.8 Å². The van der Waals surface area contributed by atoms with Crippen LogP contribution in [0.15, 0.2) is 6.20 Å². The summed E-state index contributed by atoms with van der Waals surface area (Å²) in [6, 6.07) is 0. The van der Waals surface area contributed by atoms with Crippen molar-refractivity contribution in [1.82, 2.24) is 10.2 Å². The lowest BCUT2D eigenvalue weighted by atomic mass is 10.1. The van der Waals surface area contributed by atoms with Crippen LogP contribution in [0.25, 0.3) is 0 Å². The van der Waals surface area contributed by atoms with Crippen LogP contribution in [-0.2, 0) is 27.4 Å². The molecule has 1 aromatic heterocycles. The number of sulfone groups is 1. The molecule has 0 unspecified atom stereocenters. The first-order chi connectivity index (χ1) is 7.03. The number of hydrogen-bond acceptors (Lipinski definition) is 4. The minimum Gasteiger partial charge on any atom is -0.384 e. The molecule has 1 rings (SSSR count). The summed E-state index contributed by atoms with van der Waals surface area (Å²) >= 11 is 0. The fraction of sp³-hybridized carbons (Fsp3) is 0.667. The van der Waals surface area contributed by atoms with Crippen molar-refractivity contribution in [3.8, 4) is 0 Å². The number of rotatable bonds is 6. The first kappa shape index (κ1) is 12.2. The third-order valence-corrected chi connectivity index (χ3v) is 3.05. The van der Waals surface area contributed by atoms with Crippen molar-refractivity contribution < 1.29 is 13.2 Å². The number of nitrogens with zero attached hydrogens (tertiary/aromatic N) is 1. The van der Waals surface area contributed by atoms with Crippen LogP contribution in [0.4, 0.5) is 0 Å². The predicted molar refractivity (Wildman–Crippen MR) is 57.6 cm³/mol. The average molecular weight is 232 g/mol. The van der Waals surface area contributed by atoms with Gasteiger partial charge in [0.15, 0.2) is 0 Å². The van der Waals surface area contributed by atoms with Gasteiger partial charge in [0, 0.05) is 25.5 Å². The summed E-state index contributed by atoms with van der Waals surface area (Å²) in [5, 5.41) is 6.72. The van der Waals surface area contributed by atoms with E-state index in [4.69, 9.17) is 4.74 Å². The highest BCUT2D eigenvalue weighted by molar-refractivity contribution is 7.90. The monoisotopic (exact) mass is 232 g/mol. The van der Waals surface area contributed by atoms with Gasteiger partial charge in [-0.3, -0.25) is 5.10 Å². The molecule has 0 radical (unpaired) electrons. The Hall–Kier alpha value is -0.880. The van der Waals surface area contributed by atoms with E-state index in [1.165, 1.54) is 6.26 Å². The lowest BCUT2D eigenvalue weighted by Crippen LogP contribution is -2.08. The zero-order valence-electron chi connectivity index (χ0n) is 8.99. The standard InChI is InChI=1S/C9H16N2O3S/c1-14-5-3-8-7-10-11-9(8)4-6-15(2,12)13/h7H,3-6H2,1-2H3,(H,10,11). The van der Waals surface area contributed by atoms with Gasteiger partial charge in [-0.05, 0) is 12.0 Å². The molecular formula is C9H16N2O3S. The van der Waals surface area contributed by atoms with E-state index >= 15 is 0 Å². The smallest absolute Gasteiger partial charge is 0.147 e. The maximum atomic E-state index is 11.0. The van der Waals surface area contributed by atoms with Crippen LogP contribution in [-0.4, -0.2) is 44.3 Å². The number of aryl methyl sites for hydroxylation is 1. The zero-order chi connectivity index (χ0) is 11.3. The Balaban J connectivity index is 2.57. The van der Waals surface area contributed by atoms with Gasteiger partial charge < -0.3 is 4.74 Å². The van der Waals surface area contributed by atoms with Gasteiger partial charge in [0.1, 0.15) is 9.84 Å². The highest BCUT2D eigenvalue weighted by Crippen LogP contribution is 2.07. The van der Waals surface area contributed by atoms with Crippen molar-refractivity contribution >= 4 is 9.84 Å². The third kappa shape index (κ3) is 4.44. The van der Waals surface area contributed by atoms with Gasteiger partial charge in [0.2, 0.25) is 0 Å². The van der Waals surface area contributed by atoms with E-state index in [0.29, 0.717) is 13.0 Å². The number of ether oxygens (including phenoxy) is 1. The Morgan fingerprint density at radius 2 is 2.20 bits per heavy atom. The van der Waals surface area contributed by atoms with Gasteiger partial charge in [0.25, 0.3) is 0 Å². The van der Waals surface area contributed by atoms with Crippen molar-refractivity contribution in [3.63, 3.8) is 0 Å². The van der Waals surface area contributed by atoms with Crippen molar-refractivity contribution in [2.75, 3.05) is 25.7 Å². The van der Waals surface area contributed by atoms with Crippen LogP contribution in [0.1, 0.15) is 11.3 Å². The Kier molecular flexibility index (Phi) is 4.28. The van der Waals surface area contributed by atoms with E-state index in [0.717, 1.165) is 17.7 Å². The highest BCUT2D eigenvalue weighted by Gasteiger charge is 2.08. The highest BCUT2D eigenvalue weighted by atomic mass is 32.2. The van der Waals surface area contributed by atoms with Crippen molar-refractivity contribution in [2.24, 2.45) is 0 Å². The number of methoxy groups -OCH3 is 1. The molecule has 1 aromatic rings. The number of H-pyrrole nitrogens is 1. The van der Waals surface area contributed by atoms with Crippen molar-refractivity contribution in [2.45, 2.75) is 12.8 Å². The number of hydrogen-bond donors (Lipinski definition) is 1. The van der Waals surface area contributed by atoms with Crippen LogP contribution in [0.3, 0.4) is 0 Å². The van der Waals surface area contributed by atoms with Crippen LogP contribution in [0.5, 0.6) is 0 Å². The minimum atomic E-state index is -2.92. The molecule has 0 spiro atoms. The van der Waals surface area contributed by atoms with E-state index in [1.54, 1.807) is 13.3 Å². The van der Waals surface area contributed by atoms with Gasteiger partial charge >= 0.3 is 0 Å². The molecule has 1 N–H and O–H groups in total. The van der Waals surface area contributed by atoms with Crippen molar-refractivity contribution in [1.29, 1.82) is 0 Å². The summed E-state index contributed by atoms with van der Waals surface area (Å²) in [4.78, 5) is 0. The molecule has 0 atom stereocenters. The average Bonchev–Trinajstić information content (AvgIpc) is 2.57. The van der Waals surface area contributed by atoms with E-state index in [1.807, 2.05) is 0 Å². The summed E-state index contributed by atoms with van der Waals surface area (Å²) in [5.74, 6) is 0.148. The van der Waals surface area contributed by atoms with Gasteiger partial charge in [-0.15, -0.1) is 0 Å². The Bertz CT molecular complexity index is 397. The molecule has 0 bridgehead atoms. The lowest BCUT2D eigenvalue weighted by molar-refractivity contribution is 0.202. The summed E-state index contributed by atoms with van der Waals surface area (Å²) in [6.07, 6.45) is 4.19. The molecule has 0 aliphatic rings. The van der Waals surface area contributed by atoms with Gasteiger partial charge in [0.05, 0.1) is 18.6 Å². The van der Waals surface area contributed by atoms with Crippen LogP contribution in [0, 0.1) is 0 Å². The molecule has 1 heterocycles. The summed E-state index contributed by atoms with van der Waals surface area (Å²) in [7, 11) is -1.28. The van der Waals surface area contributed by atoms with Gasteiger partial charge in [-0.1, -0.05) is 0 Å². The summed E-state index contributed by atoms with van der Waals surface area (Å²) in [5.41, 5.74) is 1.91. The molecule has 6 heteroatoms. The summed E-state index contributed by atoms with van der Waals surface area (Å²) in [6.45, 7) is 0.616. The molecule has 15 heavy (non-hydrogen) atoms. The van der Waals surface area contributed by atoms with Crippen molar-refractivity contribution in [3.05, 3.63) is 17.5 Å². The first-order valence-corrected chi connectivity index (χ1v) is 6.77. The third-order valence-electron chi connectivity index (χ3n) is 2.11. The summed E-state index contributed by atoms with van der Waals surface area (Å²) < 4.78 is 26.9. The predicted octanol–water partition coefficient (Wildman–Crippen LogP) is 0.186. The maximum Gasteiger partial charge on any atom is 0.147 e. The minimum absolute atomic E-state index is 0.148. The molecule has 0 fully saturated rings. The van der Waals surface area contributed by atoms with E-state index < -0.39 is 9.84 Å². The first-order valence-electron chi connectivity index (χ1n) is 4.70. The second-order valence-electron chi connectivity index (χ2n) is 3.50. The van der Waals surface area contributed by atoms with Gasteiger partial charge in [-0.2, -0.15) is 5.10 Å². The van der Waals surface area contributed by atoms with E-state index in [9.17, 15) is 8.42 Å². The van der Waals surface area contributed by atoms with E-state index in [-0.39, 0.29) is 5.75 Å². The Morgan fingerprint density at radius 1 is 1.47 bits per heavy atom. The topological polar surface area (TPSA) is 72.0 Å². The lowest BCUT2D eigenvalue weighted by Gasteiger charge is -2.01. The quantitative estimate of drug-likeness (QED) is 0.759. The van der Waals surface area contributed by atoms with Crippen LogP contribution >= 0.6 is 0 Å². The SMILES string of the molecule is COCCc1cn[nH]c1CCS(C)(=O)=O. The maximum absolute atomic E-state index is 11.0. The second-order valence-corrected chi connectivity index (χ2v) is 5.76. The molecule has 0 saturated carbocycles. The molecule has 0 aliphatic heterocycles. The molecule has 0 aromatic carbocycles. The molecule has 86 valence electrons. The molecule has 0 saturated heterocycles. The van der Waals surface area contributed by atoms with Gasteiger partial charge in [-0.25, -0.2) is 8.42 Å². The largest absolute Gasteiger partial charge is 0.384 e. The fourth-order valence-corrected chi connectivity index (χ4v) is 1.84. The van der Waals surface area contributed by atoms with Crippen LogP contribution < -0.4 is 0 Å². The second kappa shape index (κ2) is 5.27. The number of nitrogens with one attached hydrogen (secondary N) is 1. The molecule has 0 amide bonds. The van der Waals surface area contributed by atoms with E-state index in [2.05, 4.69) is 10.2 Å². The molecular weight excluding hydrogens is 216 g/mol. The normalized spacial score (nSPS) is 11.9.